The molecule has 0 amide bonds. The van der Waals surface area contributed by atoms with Gasteiger partial charge in [0.25, 0.3) is 0 Å². The Morgan fingerprint density at radius 2 is 1.72 bits per heavy atom. The number of aliphatic carboxylic acids is 1. The second-order valence-corrected chi connectivity index (χ2v) is 6.05. The number of carboxylic acids is 1. The van der Waals surface area contributed by atoms with Gasteiger partial charge in [-0.15, -0.1) is 0 Å². The first kappa shape index (κ1) is 16.8. The molecule has 1 aromatic heterocycles. The molecule has 5 heteroatoms. The summed E-state index contributed by atoms with van der Waals surface area (Å²) in [6.07, 6.45) is -1.17. The molecule has 0 fully saturated rings. The summed E-state index contributed by atoms with van der Waals surface area (Å²) in [5, 5.41) is 9.50. The van der Waals surface area contributed by atoms with Gasteiger partial charge in [0, 0.05) is 5.56 Å². The topological polar surface area (TPSA) is 76.7 Å². The molecule has 1 heterocycles. The van der Waals surface area contributed by atoms with Crippen molar-refractivity contribution in [1.29, 1.82) is 0 Å². The van der Waals surface area contributed by atoms with Crippen molar-refractivity contribution in [2.45, 2.75) is 26.9 Å². The fraction of sp³-hybridized carbons (Fsp3) is 0.200. The summed E-state index contributed by atoms with van der Waals surface area (Å²) < 4.78 is 11.4. The molecule has 0 bridgehead atoms. The number of ether oxygens (including phenoxy) is 1. The van der Waals surface area contributed by atoms with E-state index in [1.54, 1.807) is 12.1 Å². The molecule has 1 N–H and O–H groups in total. The number of carboxylic acid groups (broad SMARTS) is 1. The number of hydrogen-bond donors (Lipinski definition) is 1. The van der Waals surface area contributed by atoms with Crippen LogP contribution in [-0.2, 0) is 4.79 Å². The Kier molecular flexibility index (Phi) is 4.31. The Morgan fingerprint density at radius 3 is 2.36 bits per heavy atom. The lowest BCUT2D eigenvalue weighted by Gasteiger charge is -2.14. The Morgan fingerprint density at radius 1 is 1.08 bits per heavy atom. The number of rotatable bonds is 4. The predicted molar refractivity (Wildman–Crippen MR) is 95.1 cm³/mol. The summed E-state index contributed by atoms with van der Waals surface area (Å²) in [6.45, 7) is 5.20. The maximum Gasteiger partial charge on any atom is 0.344 e. The Bertz CT molecular complexity index is 999. The molecule has 5 nitrogen and oxygen atoms in total. The monoisotopic (exact) mass is 338 g/mol. The van der Waals surface area contributed by atoms with Gasteiger partial charge >= 0.3 is 5.97 Å². The molecule has 0 aliphatic rings. The molecule has 3 aromatic rings. The Hall–Kier alpha value is -3.08. The van der Waals surface area contributed by atoms with Crippen molar-refractivity contribution in [3.8, 4) is 17.1 Å². The normalized spacial score (nSPS) is 12.1. The van der Waals surface area contributed by atoms with Gasteiger partial charge in [0.05, 0.1) is 5.39 Å². The van der Waals surface area contributed by atoms with Crippen molar-refractivity contribution in [2.24, 2.45) is 0 Å². The molecule has 0 aliphatic carbocycles. The number of aryl methyl sites for hydroxylation is 2. The second-order valence-electron chi connectivity index (χ2n) is 6.05. The predicted octanol–water partition coefficient (Wildman–Crippen LogP) is 3.93. The SMILES string of the molecule is Cc1ccc(-c2oc3ccc(C)cc3c(=O)c2OC(C)C(=O)O)cc1. The molecule has 1 unspecified atom stereocenters. The molecule has 3 rings (SSSR count). The number of fused-ring (bicyclic) bond motifs is 1. The molecule has 0 aliphatic heterocycles. The van der Waals surface area contributed by atoms with Crippen LogP contribution in [0, 0.1) is 13.8 Å². The Labute approximate surface area is 144 Å². The van der Waals surface area contributed by atoms with E-state index in [2.05, 4.69) is 0 Å². The highest BCUT2D eigenvalue weighted by Gasteiger charge is 2.22. The summed E-state index contributed by atoms with van der Waals surface area (Å²) in [5.74, 6) is -1.01. The highest BCUT2D eigenvalue weighted by Crippen LogP contribution is 2.32. The van der Waals surface area contributed by atoms with Crippen molar-refractivity contribution >= 4 is 16.9 Å². The van der Waals surface area contributed by atoms with E-state index in [-0.39, 0.29) is 16.9 Å². The van der Waals surface area contributed by atoms with Gasteiger partial charge in [0.2, 0.25) is 11.2 Å². The molecule has 0 saturated heterocycles. The maximum atomic E-state index is 12.9. The first-order chi connectivity index (χ1) is 11.9. The lowest BCUT2D eigenvalue weighted by atomic mass is 10.1. The van der Waals surface area contributed by atoms with Crippen LogP contribution in [0.15, 0.2) is 51.7 Å². The van der Waals surface area contributed by atoms with Crippen LogP contribution in [-0.4, -0.2) is 17.2 Å². The molecule has 0 radical (unpaired) electrons. The van der Waals surface area contributed by atoms with E-state index in [9.17, 15) is 9.59 Å². The van der Waals surface area contributed by atoms with Gasteiger partial charge in [-0.25, -0.2) is 4.79 Å². The second kappa shape index (κ2) is 6.43. The van der Waals surface area contributed by atoms with Crippen LogP contribution in [0.1, 0.15) is 18.1 Å². The Balaban J connectivity index is 2.29. The van der Waals surface area contributed by atoms with Gasteiger partial charge in [-0.2, -0.15) is 0 Å². The summed E-state index contributed by atoms with van der Waals surface area (Å²) in [4.78, 5) is 24.1. The average Bonchev–Trinajstić information content (AvgIpc) is 2.58. The van der Waals surface area contributed by atoms with Gasteiger partial charge in [0.1, 0.15) is 5.58 Å². The molecule has 128 valence electrons. The third-order valence-electron chi connectivity index (χ3n) is 3.96. The molecule has 2 aromatic carbocycles. The van der Waals surface area contributed by atoms with E-state index in [0.29, 0.717) is 16.5 Å². The van der Waals surface area contributed by atoms with Crippen LogP contribution in [0.5, 0.6) is 5.75 Å². The van der Waals surface area contributed by atoms with Crippen molar-refractivity contribution in [2.75, 3.05) is 0 Å². The fourth-order valence-electron chi connectivity index (χ4n) is 2.52. The third kappa shape index (κ3) is 3.26. The van der Waals surface area contributed by atoms with E-state index in [1.165, 1.54) is 6.92 Å². The zero-order valence-corrected chi connectivity index (χ0v) is 14.2. The van der Waals surface area contributed by atoms with Crippen LogP contribution in [0.4, 0.5) is 0 Å². The van der Waals surface area contributed by atoms with Crippen LogP contribution in [0.3, 0.4) is 0 Å². The van der Waals surface area contributed by atoms with Crippen molar-refractivity contribution < 1.29 is 19.1 Å². The van der Waals surface area contributed by atoms with Crippen molar-refractivity contribution in [1.82, 2.24) is 0 Å². The standard InChI is InChI=1S/C20H18O5/c1-11-4-7-14(8-5-11)18-19(24-13(3)20(22)23)17(21)15-10-12(2)6-9-16(15)25-18/h4-10,13H,1-3H3,(H,22,23). The summed E-state index contributed by atoms with van der Waals surface area (Å²) in [7, 11) is 0. The number of benzene rings is 2. The molecule has 25 heavy (non-hydrogen) atoms. The summed E-state index contributed by atoms with van der Waals surface area (Å²) >= 11 is 0. The molecule has 0 spiro atoms. The molecule has 0 saturated carbocycles. The van der Waals surface area contributed by atoms with Crippen LogP contribution in [0.2, 0.25) is 0 Å². The van der Waals surface area contributed by atoms with E-state index < -0.39 is 12.1 Å². The van der Waals surface area contributed by atoms with Crippen LogP contribution in [0.25, 0.3) is 22.3 Å². The average molecular weight is 338 g/mol. The zero-order chi connectivity index (χ0) is 18.1. The summed E-state index contributed by atoms with van der Waals surface area (Å²) in [6, 6.07) is 12.7. The first-order valence-electron chi connectivity index (χ1n) is 7.91. The van der Waals surface area contributed by atoms with Crippen molar-refractivity contribution in [3.63, 3.8) is 0 Å². The van der Waals surface area contributed by atoms with Gasteiger partial charge < -0.3 is 14.3 Å². The van der Waals surface area contributed by atoms with Gasteiger partial charge in [-0.3, -0.25) is 4.79 Å². The first-order valence-corrected chi connectivity index (χ1v) is 7.91. The van der Waals surface area contributed by atoms with Crippen LogP contribution < -0.4 is 10.2 Å². The highest BCUT2D eigenvalue weighted by molar-refractivity contribution is 5.83. The minimum absolute atomic E-state index is 0.0862. The largest absolute Gasteiger partial charge is 0.479 e. The number of carbonyl (C=O) groups is 1. The highest BCUT2D eigenvalue weighted by atomic mass is 16.5. The summed E-state index contributed by atoms with van der Waals surface area (Å²) in [5.41, 5.74) is 2.66. The van der Waals surface area contributed by atoms with E-state index in [4.69, 9.17) is 14.3 Å². The van der Waals surface area contributed by atoms with Crippen LogP contribution >= 0.6 is 0 Å². The zero-order valence-electron chi connectivity index (χ0n) is 14.2. The minimum atomic E-state index is -1.17. The van der Waals surface area contributed by atoms with E-state index >= 15 is 0 Å². The third-order valence-corrected chi connectivity index (χ3v) is 3.96. The van der Waals surface area contributed by atoms with E-state index in [1.807, 2.05) is 44.2 Å². The van der Waals surface area contributed by atoms with E-state index in [0.717, 1.165) is 11.1 Å². The van der Waals surface area contributed by atoms with Gasteiger partial charge in [-0.1, -0.05) is 41.5 Å². The quantitative estimate of drug-likeness (QED) is 0.780. The lowest BCUT2D eigenvalue weighted by molar-refractivity contribution is -0.144. The lowest BCUT2D eigenvalue weighted by Crippen LogP contribution is -2.26. The minimum Gasteiger partial charge on any atom is -0.479 e. The molecular weight excluding hydrogens is 320 g/mol. The fourth-order valence-corrected chi connectivity index (χ4v) is 2.52. The van der Waals surface area contributed by atoms with Gasteiger partial charge in [-0.05, 0) is 32.9 Å². The number of hydrogen-bond acceptors (Lipinski definition) is 4. The smallest absolute Gasteiger partial charge is 0.344 e. The van der Waals surface area contributed by atoms with Crippen molar-refractivity contribution in [3.05, 3.63) is 63.8 Å². The van der Waals surface area contributed by atoms with Gasteiger partial charge in [0.15, 0.2) is 11.9 Å². The molecule has 1 atom stereocenters. The maximum absolute atomic E-state index is 12.9. The molecular formula is C20H18O5.